The van der Waals surface area contributed by atoms with Crippen molar-refractivity contribution in [3.63, 3.8) is 0 Å². The number of Topliss-reactive ketones (excluding diaryl/α,β-unsaturated/α-hetero) is 1. The lowest BCUT2D eigenvalue weighted by molar-refractivity contribution is -0.119. The SMILES string of the molecule is COc1cc(O)c2c(c1)C1=C(O)C(=O)C[C@@]1(C)OC2=O. The molecule has 1 atom stereocenters. The van der Waals surface area contributed by atoms with E-state index >= 15 is 0 Å². The molecule has 1 heterocycles. The van der Waals surface area contributed by atoms with Gasteiger partial charge >= 0.3 is 5.97 Å². The monoisotopic (exact) mass is 276 g/mol. The second kappa shape index (κ2) is 3.75. The minimum Gasteiger partial charge on any atom is -0.507 e. The third kappa shape index (κ3) is 1.44. The molecule has 6 heteroatoms. The van der Waals surface area contributed by atoms with Crippen LogP contribution in [0.5, 0.6) is 11.5 Å². The fraction of sp³-hybridized carbons (Fsp3) is 0.286. The second-order valence-electron chi connectivity index (χ2n) is 5.01. The topological polar surface area (TPSA) is 93.1 Å². The number of aliphatic hydroxyl groups is 1. The van der Waals surface area contributed by atoms with Crippen LogP contribution in [0.3, 0.4) is 0 Å². The number of phenolic OH excluding ortho intramolecular Hbond substituents is 1. The lowest BCUT2D eigenvalue weighted by atomic mass is 9.85. The first-order valence-corrected chi connectivity index (χ1v) is 5.99. The van der Waals surface area contributed by atoms with Crippen LogP contribution in [-0.2, 0) is 9.53 Å². The number of ketones is 1. The Morgan fingerprint density at radius 3 is 2.65 bits per heavy atom. The van der Waals surface area contributed by atoms with Crippen molar-refractivity contribution in [1.82, 2.24) is 0 Å². The summed E-state index contributed by atoms with van der Waals surface area (Å²) in [4.78, 5) is 23.7. The van der Waals surface area contributed by atoms with Crippen LogP contribution in [-0.4, -0.2) is 34.7 Å². The van der Waals surface area contributed by atoms with Crippen LogP contribution in [0.4, 0.5) is 0 Å². The van der Waals surface area contributed by atoms with Crippen LogP contribution >= 0.6 is 0 Å². The van der Waals surface area contributed by atoms with Gasteiger partial charge in [-0.25, -0.2) is 4.79 Å². The number of hydrogen-bond donors (Lipinski definition) is 2. The average Bonchev–Trinajstić information content (AvgIpc) is 2.58. The highest BCUT2D eigenvalue weighted by atomic mass is 16.6. The molecule has 0 fully saturated rings. The van der Waals surface area contributed by atoms with Gasteiger partial charge in [-0.05, 0) is 13.0 Å². The Bertz CT molecular complexity index is 687. The maximum Gasteiger partial charge on any atom is 0.343 e. The van der Waals surface area contributed by atoms with Crippen LogP contribution in [0.2, 0.25) is 0 Å². The molecule has 2 aliphatic rings. The minimum absolute atomic E-state index is 0.0699. The minimum atomic E-state index is -1.20. The number of hydrogen-bond acceptors (Lipinski definition) is 6. The van der Waals surface area contributed by atoms with Crippen molar-refractivity contribution in [2.45, 2.75) is 18.9 Å². The third-order valence-corrected chi connectivity index (χ3v) is 3.65. The molecular formula is C14H12O6. The molecule has 1 aromatic rings. The van der Waals surface area contributed by atoms with E-state index in [9.17, 15) is 19.8 Å². The number of aromatic hydroxyl groups is 1. The molecule has 0 aromatic heterocycles. The molecule has 0 saturated heterocycles. The number of aliphatic hydroxyl groups excluding tert-OH is 1. The Morgan fingerprint density at radius 1 is 1.30 bits per heavy atom. The van der Waals surface area contributed by atoms with Gasteiger partial charge in [0, 0.05) is 17.2 Å². The van der Waals surface area contributed by atoms with Crippen LogP contribution in [0.25, 0.3) is 5.57 Å². The molecular weight excluding hydrogens is 264 g/mol. The zero-order chi connectivity index (χ0) is 14.7. The number of allylic oxidation sites excluding steroid dienone is 1. The van der Waals surface area contributed by atoms with Crippen molar-refractivity contribution in [3.8, 4) is 11.5 Å². The summed E-state index contributed by atoms with van der Waals surface area (Å²) < 4.78 is 10.3. The first-order chi connectivity index (χ1) is 9.37. The molecule has 1 aliphatic carbocycles. The fourth-order valence-electron chi connectivity index (χ4n) is 2.75. The summed E-state index contributed by atoms with van der Waals surface area (Å²) in [7, 11) is 1.41. The third-order valence-electron chi connectivity index (χ3n) is 3.65. The van der Waals surface area contributed by atoms with Crippen LogP contribution < -0.4 is 4.74 Å². The van der Waals surface area contributed by atoms with Crippen LogP contribution in [0, 0.1) is 0 Å². The molecule has 0 amide bonds. The maximum atomic E-state index is 12.0. The Hall–Kier alpha value is -2.50. The molecule has 1 aliphatic heterocycles. The zero-order valence-electron chi connectivity index (χ0n) is 10.9. The van der Waals surface area contributed by atoms with Gasteiger partial charge in [0.05, 0.1) is 13.5 Å². The van der Waals surface area contributed by atoms with Gasteiger partial charge in [0.1, 0.15) is 22.7 Å². The Labute approximate surface area is 114 Å². The molecule has 0 unspecified atom stereocenters. The van der Waals surface area contributed by atoms with E-state index in [4.69, 9.17) is 9.47 Å². The summed E-state index contributed by atoms with van der Waals surface area (Å²) in [6.45, 7) is 1.56. The van der Waals surface area contributed by atoms with Gasteiger partial charge in [0.25, 0.3) is 0 Å². The summed E-state index contributed by atoms with van der Waals surface area (Å²) in [5.74, 6) is -1.66. The zero-order valence-corrected chi connectivity index (χ0v) is 10.9. The Balaban J connectivity index is 2.36. The number of ether oxygens (including phenoxy) is 2. The van der Waals surface area contributed by atoms with Gasteiger partial charge in [-0.3, -0.25) is 4.79 Å². The number of rotatable bonds is 1. The summed E-state index contributed by atoms with van der Waals surface area (Å²) >= 11 is 0. The average molecular weight is 276 g/mol. The summed E-state index contributed by atoms with van der Waals surface area (Å²) in [6.07, 6.45) is -0.114. The number of phenols is 1. The Kier molecular flexibility index (Phi) is 2.35. The summed E-state index contributed by atoms with van der Waals surface area (Å²) in [6, 6.07) is 2.77. The van der Waals surface area contributed by atoms with Gasteiger partial charge in [-0.15, -0.1) is 0 Å². The van der Waals surface area contributed by atoms with Gasteiger partial charge < -0.3 is 19.7 Å². The molecule has 0 bridgehead atoms. The lowest BCUT2D eigenvalue weighted by Gasteiger charge is -2.33. The molecule has 0 saturated carbocycles. The van der Waals surface area contributed by atoms with E-state index in [0.717, 1.165) is 0 Å². The van der Waals surface area contributed by atoms with E-state index < -0.39 is 23.1 Å². The van der Waals surface area contributed by atoms with E-state index in [1.807, 2.05) is 0 Å². The summed E-state index contributed by atoms with van der Waals surface area (Å²) in [5, 5.41) is 19.9. The molecule has 3 rings (SSSR count). The summed E-state index contributed by atoms with van der Waals surface area (Å²) in [5.41, 5.74) is -0.792. The first kappa shape index (κ1) is 12.5. The highest BCUT2D eigenvalue weighted by Gasteiger charge is 2.51. The number of carbonyl (C=O) groups excluding carboxylic acids is 2. The van der Waals surface area contributed by atoms with E-state index in [1.54, 1.807) is 6.92 Å². The largest absolute Gasteiger partial charge is 0.507 e. The molecule has 0 spiro atoms. The van der Waals surface area contributed by atoms with Crippen molar-refractivity contribution in [3.05, 3.63) is 29.0 Å². The normalized spacial score (nSPS) is 24.3. The molecule has 6 nitrogen and oxygen atoms in total. The predicted octanol–water partition coefficient (Wildman–Crippen LogP) is 1.57. The maximum absolute atomic E-state index is 12.0. The van der Waals surface area contributed by atoms with Gasteiger partial charge in [0.15, 0.2) is 5.76 Å². The highest BCUT2D eigenvalue weighted by Crippen LogP contribution is 2.49. The standard InChI is InChI=1S/C14H12O6/c1-14-5-9(16)12(17)11(14)7-3-6(19-2)4-8(15)10(7)13(18)20-14/h3-4,15,17H,5H2,1-2H3/t14-/m1/s1. The van der Waals surface area contributed by atoms with E-state index in [2.05, 4.69) is 0 Å². The smallest absolute Gasteiger partial charge is 0.343 e. The highest BCUT2D eigenvalue weighted by molar-refractivity contribution is 6.14. The number of esters is 1. The first-order valence-electron chi connectivity index (χ1n) is 5.99. The van der Waals surface area contributed by atoms with Crippen molar-refractivity contribution in [1.29, 1.82) is 0 Å². The molecule has 1 aromatic carbocycles. The van der Waals surface area contributed by atoms with Crippen molar-refractivity contribution < 1.29 is 29.3 Å². The van der Waals surface area contributed by atoms with E-state index in [-0.39, 0.29) is 28.9 Å². The van der Waals surface area contributed by atoms with Crippen LogP contribution in [0.15, 0.2) is 17.9 Å². The van der Waals surface area contributed by atoms with Gasteiger partial charge in [-0.2, -0.15) is 0 Å². The van der Waals surface area contributed by atoms with Crippen molar-refractivity contribution in [2.75, 3.05) is 7.11 Å². The van der Waals surface area contributed by atoms with Gasteiger partial charge in [0.2, 0.25) is 5.78 Å². The molecule has 0 radical (unpaired) electrons. The number of methoxy groups -OCH3 is 1. The predicted molar refractivity (Wildman–Crippen MR) is 67.7 cm³/mol. The molecule has 104 valence electrons. The number of fused-ring (bicyclic) bond motifs is 3. The van der Waals surface area contributed by atoms with E-state index in [0.29, 0.717) is 5.75 Å². The van der Waals surface area contributed by atoms with E-state index in [1.165, 1.54) is 19.2 Å². The molecule has 20 heavy (non-hydrogen) atoms. The van der Waals surface area contributed by atoms with Crippen molar-refractivity contribution in [2.24, 2.45) is 0 Å². The van der Waals surface area contributed by atoms with Crippen LogP contribution in [0.1, 0.15) is 29.3 Å². The van der Waals surface area contributed by atoms with Crippen molar-refractivity contribution >= 4 is 17.3 Å². The quantitative estimate of drug-likeness (QED) is 0.756. The molecule has 2 N–H and O–H groups in total. The number of benzene rings is 1. The van der Waals surface area contributed by atoms with Gasteiger partial charge in [-0.1, -0.05) is 0 Å². The fourth-order valence-corrected chi connectivity index (χ4v) is 2.75. The lowest BCUT2D eigenvalue weighted by Crippen LogP contribution is -2.36. The second-order valence-corrected chi connectivity index (χ2v) is 5.01. The Morgan fingerprint density at radius 2 is 2.00 bits per heavy atom. The number of carbonyl (C=O) groups is 2.